The molecule has 0 aromatic heterocycles. The molecule has 3 heteroatoms. The van der Waals surface area contributed by atoms with Gasteiger partial charge in [0.1, 0.15) is 0 Å². The predicted molar refractivity (Wildman–Crippen MR) is 98.1 cm³/mol. The molecule has 3 aromatic carbocycles. The van der Waals surface area contributed by atoms with Crippen LogP contribution < -0.4 is 4.90 Å². The Morgan fingerprint density at radius 3 is 2.17 bits per heavy atom. The molecule has 0 saturated carbocycles. The van der Waals surface area contributed by atoms with E-state index in [0.717, 1.165) is 29.9 Å². The molecule has 0 bridgehead atoms. The van der Waals surface area contributed by atoms with Crippen molar-refractivity contribution in [2.75, 3.05) is 18.0 Å². The standard InChI is InChI=1S/C20H21N3/c1-3-23(4-2)18-14-12-17(13-15-18)21-22-20-11-7-9-16-8-5-6-10-19(16)20/h5-15H,3-4H2,1-2H3. The lowest BCUT2D eigenvalue weighted by Gasteiger charge is -2.20. The molecule has 0 spiro atoms. The van der Waals surface area contributed by atoms with E-state index in [1.165, 1.54) is 11.1 Å². The highest BCUT2D eigenvalue weighted by atomic mass is 15.1. The highest BCUT2D eigenvalue weighted by molar-refractivity contribution is 5.92. The van der Waals surface area contributed by atoms with Crippen LogP contribution in [0, 0.1) is 0 Å². The van der Waals surface area contributed by atoms with Gasteiger partial charge in [0, 0.05) is 24.2 Å². The van der Waals surface area contributed by atoms with Crippen LogP contribution in [0.1, 0.15) is 13.8 Å². The topological polar surface area (TPSA) is 28.0 Å². The Kier molecular flexibility index (Phi) is 4.67. The average Bonchev–Trinajstić information content (AvgIpc) is 2.62. The third kappa shape index (κ3) is 3.39. The van der Waals surface area contributed by atoms with Gasteiger partial charge in [0.2, 0.25) is 0 Å². The van der Waals surface area contributed by atoms with Crippen LogP contribution in [0.4, 0.5) is 17.1 Å². The Bertz CT molecular complexity index is 797. The van der Waals surface area contributed by atoms with Gasteiger partial charge >= 0.3 is 0 Å². The van der Waals surface area contributed by atoms with Crippen molar-refractivity contribution in [2.45, 2.75) is 13.8 Å². The fourth-order valence-corrected chi connectivity index (χ4v) is 2.73. The van der Waals surface area contributed by atoms with Crippen molar-refractivity contribution in [1.29, 1.82) is 0 Å². The van der Waals surface area contributed by atoms with Crippen LogP contribution in [0.2, 0.25) is 0 Å². The molecule has 0 atom stereocenters. The lowest BCUT2D eigenvalue weighted by Crippen LogP contribution is -2.21. The minimum atomic E-state index is 0.869. The Morgan fingerprint density at radius 1 is 0.739 bits per heavy atom. The molecule has 3 nitrogen and oxygen atoms in total. The molecular weight excluding hydrogens is 282 g/mol. The maximum atomic E-state index is 4.43. The molecule has 0 amide bonds. The van der Waals surface area contributed by atoms with Crippen LogP contribution in [-0.2, 0) is 0 Å². The second kappa shape index (κ2) is 7.05. The summed E-state index contributed by atoms with van der Waals surface area (Å²) in [6, 6.07) is 22.6. The number of benzene rings is 3. The predicted octanol–water partition coefficient (Wildman–Crippen LogP) is 6.10. The zero-order valence-corrected chi connectivity index (χ0v) is 13.6. The fraction of sp³-hybridized carbons (Fsp3) is 0.200. The van der Waals surface area contributed by atoms with Crippen LogP contribution in [0.15, 0.2) is 77.0 Å². The zero-order valence-electron chi connectivity index (χ0n) is 13.6. The molecule has 0 saturated heterocycles. The third-order valence-corrected chi connectivity index (χ3v) is 4.02. The molecule has 23 heavy (non-hydrogen) atoms. The number of hydrogen-bond donors (Lipinski definition) is 0. The number of anilines is 1. The van der Waals surface area contributed by atoms with E-state index in [2.05, 4.69) is 59.3 Å². The maximum Gasteiger partial charge on any atom is 0.0935 e. The molecule has 0 aliphatic carbocycles. The van der Waals surface area contributed by atoms with E-state index in [4.69, 9.17) is 0 Å². The number of azo groups is 1. The molecule has 3 aromatic rings. The van der Waals surface area contributed by atoms with Gasteiger partial charge in [0.15, 0.2) is 0 Å². The van der Waals surface area contributed by atoms with Gasteiger partial charge in [0.05, 0.1) is 11.4 Å². The molecule has 0 aliphatic rings. The summed E-state index contributed by atoms with van der Waals surface area (Å²) in [6.07, 6.45) is 0. The van der Waals surface area contributed by atoms with E-state index in [1.807, 2.05) is 36.4 Å². The highest BCUT2D eigenvalue weighted by Gasteiger charge is 2.01. The number of nitrogens with zero attached hydrogens (tertiary/aromatic N) is 3. The van der Waals surface area contributed by atoms with Gasteiger partial charge in [-0.3, -0.25) is 0 Å². The molecule has 0 fully saturated rings. The zero-order chi connectivity index (χ0) is 16.1. The lowest BCUT2D eigenvalue weighted by molar-refractivity contribution is 0.866. The molecule has 0 heterocycles. The summed E-state index contributed by atoms with van der Waals surface area (Å²) in [7, 11) is 0. The second-order valence-electron chi connectivity index (χ2n) is 5.39. The van der Waals surface area contributed by atoms with Crippen LogP contribution >= 0.6 is 0 Å². The summed E-state index contributed by atoms with van der Waals surface area (Å²) >= 11 is 0. The van der Waals surface area contributed by atoms with Crippen molar-refractivity contribution >= 4 is 27.8 Å². The van der Waals surface area contributed by atoms with Gasteiger partial charge in [-0.05, 0) is 49.6 Å². The van der Waals surface area contributed by atoms with Crippen LogP contribution in [0.5, 0.6) is 0 Å². The van der Waals surface area contributed by atoms with Crippen LogP contribution in [-0.4, -0.2) is 13.1 Å². The number of fused-ring (bicyclic) bond motifs is 1. The highest BCUT2D eigenvalue weighted by Crippen LogP contribution is 2.28. The first kappa shape index (κ1) is 15.2. The van der Waals surface area contributed by atoms with Gasteiger partial charge in [-0.25, -0.2) is 0 Å². The smallest absolute Gasteiger partial charge is 0.0935 e. The maximum absolute atomic E-state index is 4.43. The molecule has 0 aliphatic heterocycles. The molecule has 0 N–H and O–H groups in total. The first-order valence-corrected chi connectivity index (χ1v) is 8.06. The molecule has 116 valence electrons. The van der Waals surface area contributed by atoms with Gasteiger partial charge in [-0.15, -0.1) is 5.11 Å². The van der Waals surface area contributed by atoms with Crippen molar-refractivity contribution in [2.24, 2.45) is 10.2 Å². The van der Waals surface area contributed by atoms with Gasteiger partial charge in [-0.2, -0.15) is 5.11 Å². The summed E-state index contributed by atoms with van der Waals surface area (Å²) in [5.74, 6) is 0. The Balaban J connectivity index is 1.85. The van der Waals surface area contributed by atoms with Crippen molar-refractivity contribution in [3.63, 3.8) is 0 Å². The van der Waals surface area contributed by atoms with Crippen LogP contribution in [0.3, 0.4) is 0 Å². The summed E-state index contributed by atoms with van der Waals surface area (Å²) < 4.78 is 0. The summed E-state index contributed by atoms with van der Waals surface area (Å²) in [5, 5.41) is 11.1. The number of hydrogen-bond acceptors (Lipinski definition) is 3. The number of rotatable bonds is 5. The van der Waals surface area contributed by atoms with Crippen molar-refractivity contribution < 1.29 is 0 Å². The lowest BCUT2D eigenvalue weighted by atomic mass is 10.1. The van der Waals surface area contributed by atoms with Crippen molar-refractivity contribution in [3.8, 4) is 0 Å². The SMILES string of the molecule is CCN(CC)c1ccc(N=Nc2cccc3ccccc23)cc1. The first-order chi connectivity index (χ1) is 11.3. The summed E-state index contributed by atoms with van der Waals surface area (Å²) in [4.78, 5) is 2.31. The fourth-order valence-electron chi connectivity index (χ4n) is 2.73. The Morgan fingerprint density at radius 2 is 1.43 bits per heavy atom. The second-order valence-corrected chi connectivity index (χ2v) is 5.39. The molecule has 0 unspecified atom stereocenters. The molecule has 0 radical (unpaired) electrons. The van der Waals surface area contributed by atoms with E-state index in [0.29, 0.717) is 0 Å². The molecular formula is C20H21N3. The average molecular weight is 303 g/mol. The van der Waals surface area contributed by atoms with E-state index in [9.17, 15) is 0 Å². The minimum absolute atomic E-state index is 0.869. The normalized spacial score (nSPS) is 11.2. The van der Waals surface area contributed by atoms with Crippen molar-refractivity contribution in [3.05, 3.63) is 66.7 Å². The first-order valence-electron chi connectivity index (χ1n) is 8.06. The summed E-state index contributed by atoms with van der Waals surface area (Å²) in [6.45, 7) is 6.34. The van der Waals surface area contributed by atoms with Gasteiger partial charge in [0.25, 0.3) is 0 Å². The van der Waals surface area contributed by atoms with Crippen molar-refractivity contribution in [1.82, 2.24) is 0 Å². The Labute approximate surface area is 137 Å². The monoisotopic (exact) mass is 303 g/mol. The van der Waals surface area contributed by atoms with E-state index >= 15 is 0 Å². The quantitative estimate of drug-likeness (QED) is 0.523. The van der Waals surface area contributed by atoms with Crippen LogP contribution in [0.25, 0.3) is 10.8 Å². The van der Waals surface area contributed by atoms with E-state index in [1.54, 1.807) is 0 Å². The van der Waals surface area contributed by atoms with E-state index < -0.39 is 0 Å². The third-order valence-electron chi connectivity index (χ3n) is 4.02. The van der Waals surface area contributed by atoms with Gasteiger partial charge in [-0.1, -0.05) is 36.4 Å². The Hall–Kier alpha value is -2.68. The molecule has 3 rings (SSSR count). The largest absolute Gasteiger partial charge is 0.372 e. The minimum Gasteiger partial charge on any atom is -0.372 e. The van der Waals surface area contributed by atoms with Gasteiger partial charge < -0.3 is 4.90 Å². The summed E-state index contributed by atoms with van der Waals surface area (Å²) in [5.41, 5.74) is 2.99. The van der Waals surface area contributed by atoms with E-state index in [-0.39, 0.29) is 0 Å².